The number of nitrogens with zero attached hydrogens (tertiary/aromatic N) is 8. The monoisotopic (exact) mass is 1370 g/mol. The molecule has 0 aliphatic rings. The van der Waals surface area contributed by atoms with E-state index in [1.54, 1.807) is 109 Å². The first-order chi connectivity index (χ1) is 28.9. The summed E-state index contributed by atoms with van der Waals surface area (Å²) in [7, 11) is 0. The van der Waals surface area contributed by atoms with Crippen LogP contribution in [0.1, 0.15) is 11.1 Å². The fraction of sp³-hybridized carbons (Fsp3) is 0. The second-order valence-electron chi connectivity index (χ2n) is 10.9. The number of aromatic nitrogens is 6. The molecule has 8 aromatic rings. The Balaban J connectivity index is 0.000000296. The minimum atomic E-state index is 0. The topological polar surface area (TPSA) is 182 Å². The largest absolute Gasteiger partial charge is 0.534 e. The van der Waals surface area contributed by atoms with E-state index in [9.17, 15) is 0 Å². The Morgan fingerprint density at radius 3 is 1.19 bits per heavy atom. The summed E-state index contributed by atoms with van der Waals surface area (Å²) in [5.74, 6) is 3.57. The SMILES string of the molecule is Clc1cc(Oc2[c-]cccc2)ncn1.N#Cc1ccccc1Oc1cc(Cl)ncn1.N#Cc1ccccc1Oc1cc(Oc2[c-]cccc2)ncn1.Oc1[c-]cccc1.[W].[W].[W]. The van der Waals surface area contributed by atoms with E-state index in [1.807, 2.05) is 30.3 Å². The number of nitriles is 2. The van der Waals surface area contributed by atoms with E-state index in [-0.39, 0.29) is 68.9 Å². The van der Waals surface area contributed by atoms with Crippen LogP contribution < -0.4 is 18.9 Å². The minimum Gasteiger partial charge on any atom is -0.534 e. The van der Waals surface area contributed by atoms with Crippen LogP contribution in [0.15, 0.2) is 159 Å². The van der Waals surface area contributed by atoms with Crippen molar-refractivity contribution in [3.63, 3.8) is 0 Å². The molecule has 0 atom stereocenters. The summed E-state index contributed by atoms with van der Waals surface area (Å²) in [6.45, 7) is 0. The fourth-order valence-corrected chi connectivity index (χ4v) is 4.47. The first kappa shape index (κ1) is 52.1. The van der Waals surface area contributed by atoms with Crippen molar-refractivity contribution in [2.24, 2.45) is 0 Å². The molecule has 0 aliphatic heterocycles. The molecule has 13 nitrogen and oxygen atoms in total. The van der Waals surface area contributed by atoms with Gasteiger partial charge < -0.3 is 24.1 Å². The molecule has 1 N–H and O–H groups in total. The van der Waals surface area contributed by atoms with Gasteiger partial charge in [-0.3, -0.25) is 0 Å². The quantitative estimate of drug-likeness (QED) is 0.112. The van der Waals surface area contributed by atoms with Crippen molar-refractivity contribution in [3.8, 4) is 64.4 Å². The summed E-state index contributed by atoms with van der Waals surface area (Å²) < 4.78 is 22.0. The van der Waals surface area contributed by atoms with E-state index in [0.29, 0.717) is 68.0 Å². The Hall–Kier alpha value is -6.04. The molecule has 0 amide bonds. The molecule has 308 valence electrons. The number of aromatic hydroxyl groups is 1. The van der Waals surface area contributed by atoms with E-state index in [4.69, 9.17) is 57.8 Å². The molecule has 0 radical (unpaired) electrons. The standard InChI is InChI=1S/C17H10N3O2.C11H6ClN3O.C10H6ClN2O.C6H5O.3W/c18-11-13-6-4-5-9-15(13)22-17-10-16(19-12-20-17)21-14-7-2-1-3-8-14;12-10-5-11(15-7-14-10)16-9-4-2-1-3-8(9)6-13;11-9-6-10(13-7-12-9)14-8-4-2-1-3-5-8;7-6-4-2-1-3-5-6;;;/h1-7,9-10,12H;1-5,7H;1-4,6-7H;1-4,7H;;;/q-1;;2*-1;;;. The normalized spacial score (nSPS) is 9.10. The molecule has 0 saturated carbocycles. The zero-order valence-electron chi connectivity index (χ0n) is 31.6. The number of rotatable bonds is 8. The Bertz CT molecular complexity index is 2620. The van der Waals surface area contributed by atoms with Gasteiger partial charge >= 0.3 is 0 Å². The van der Waals surface area contributed by atoms with Crippen LogP contribution in [0, 0.1) is 40.9 Å². The Morgan fingerprint density at radius 2 is 0.823 bits per heavy atom. The van der Waals surface area contributed by atoms with Gasteiger partial charge in [0, 0.05) is 92.6 Å². The predicted octanol–water partition coefficient (Wildman–Crippen LogP) is 10.4. The molecule has 0 aliphatic carbocycles. The minimum absolute atomic E-state index is 0. The molecular weight excluding hydrogens is 1340 g/mol. The van der Waals surface area contributed by atoms with Crippen LogP contribution in [0.2, 0.25) is 10.3 Å². The molecule has 0 spiro atoms. The average molecular weight is 1370 g/mol. The number of ether oxygens (including phenoxy) is 4. The van der Waals surface area contributed by atoms with Crippen LogP contribution in [0.5, 0.6) is 52.3 Å². The van der Waals surface area contributed by atoms with E-state index < -0.39 is 0 Å². The van der Waals surface area contributed by atoms with Crippen molar-refractivity contribution in [2.75, 3.05) is 0 Å². The Labute approximate surface area is 410 Å². The summed E-state index contributed by atoms with van der Waals surface area (Å²) in [6.07, 6.45) is 3.98. The Morgan fingerprint density at radius 1 is 0.452 bits per heavy atom. The van der Waals surface area contributed by atoms with Gasteiger partial charge in [-0.25, -0.2) is 29.9 Å². The van der Waals surface area contributed by atoms with Gasteiger partial charge in [-0.05, 0) is 24.3 Å². The number of phenols is 1. The predicted molar refractivity (Wildman–Crippen MR) is 216 cm³/mol. The molecule has 0 fully saturated rings. The third-order valence-electron chi connectivity index (χ3n) is 6.76. The fourth-order valence-electron chi connectivity index (χ4n) is 4.19. The average Bonchev–Trinajstić information content (AvgIpc) is 3.26. The van der Waals surface area contributed by atoms with Gasteiger partial charge in [-0.1, -0.05) is 47.5 Å². The third kappa shape index (κ3) is 18.7. The van der Waals surface area contributed by atoms with Crippen LogP contribution >= 0.6 is 23.2 Å². The van der Waals surface area contributed by atoms with Gasteiger partial charge in [0.25, 0.3) is 0 Å². The summed E-state index contributed by atoms with van der Waals surface area (Å²) >= 11 is 11.4. The number of hydrogen-bond donors (Lipinski definition) is 1. The molecule has 0 bridgehead atoms. The second kappa shape index (κ2) is 29.3. The van der Waals surface area contributed by atoms with Crippen molar-refractivity contribution < 1.29 is 87.2 Å². The smallest absolute Gasteiger partial charge is 0.226 e. The zero-order valence-corrected chi connectivity index (χ0v) is 42.0. The van der Waals surface area contributed by atoms with E-state index in [0.717, 1.165) is 0 Å². The molecule has 5 aromatic carbocycles. The number of para-hydroxylation sites is 5. The van der Waals surface area contributed by atoms with Crippen LogP contribution in [0.25, 0.3) is 0 Å². The first-order valence-corrected chi connectivity index (χ1v) is 17.7. The van der Waals surface area contributed by atoms with Gasteiger partial charge in [-0.2, -0.15) is 65.1 Å². The molecule has 3 aromatic heterocycles. The molecule has 62 heavy (non-hydrogen) atoms. The zero-order chi connectivity index (χ0) is 41.5. The van der Waals surface area contributed by atoms with E-state index >= 15 is 0 Å². The number of hydrogen-bond acceptors (Lipinski definition) is 13. The van der Waals surface area contributed by atoms with Crippen molar-refractivity contribution in [1.82, 2.24) is 29.9 Å². The van der Waals surface area contributed by atoms with Crippen LogP contribution in [0.3, 0.4) is 0 Å². The molecular formula is C44H27Cl2N8O5W3-3. The summed E-state index contributed by atoms with van der Waals surface area (Å²) in [4.78, 5) is 23.3. The van der Waals surface area contributed by atoms with Crippen LogP contribution in [0.4, 0.5) is 0 Å². The molecule has 3 heterocycles. The Kier molecular flexibility index (Phi) is 24.6. The van der Waals surface area contributed by atoms with Gasteiger partial charge in [0.1, 0.15) is 52.9 Å². The molecule has 0 saturated heterocycles. The van der Waals surface area contributed by atoms with Crippen LogP contribution in [-0.4, -0.2) is 35.0 Å². The van der Waals surface area contributed by atoms with Gasteiger partial charge in [-0.15, -0.1) is 36.4 Å². The van der Waals surface area contributed by atoms with Crippen molar-refractivity contribution >= 4 is 23.2 Å². The van der Waals surface area contributed by atoms with Gasteiger partial charge in [0.05, 0.1) is 17.2 Å². The third-order valence-corrected chi connectivity index (χ3v) is 7.17. The van der Waals surface area contributed by atoms with E-state index in [1.165, 1.54) is 25.0 Å². The number of benzene rings is 5. The van der Waals surface area contributed by atoms with Crippen molar-refractivity contribution in [3.05, 3.63) is 198 Å². The maximum atomic E-state index is 9.05. The van der Waals surface area contributed by atoms with Gasteiger partial charge in [0.2, 0.25) is 23.5 Å². The second-order valence-corrected chi connectivity index (χ2v) is 11.7. The maximum absolute atomic E-state index is 9.05. The summed E-state index contributed by atoms with van der Waals surface area (Å²) in [6, 6.07) is 52.2. The molecule has 0 unspecified atom stereocenters. The molecule has 8 rings (SSSR count). The van der Waals surface area contributed by atoms with Crippen molar-refractivity contribution in [1.29, 1.82) is 10.5 Å². The molecule has 18 heteroatoms. The summed E-state index contributed by atoms with van der Waals surface area (Å²) in [5, 5.41) is 27.1. The van der Waals surface area contributed by atoms with E-state index in [2.05, 4.69) is 54.2 Å². The van der Waals surface area contributed by atoms with Gasteiger partial charge in [0.15, 0.2) is 0 Å². The number of halogens is 2. The van der Waals surface area contributed by atoms with Crippen LogP contribution in [-0.2, 0) is 63.2 Å². The number of phenolic OH excluding ortho intramolecular Hbond substituents is 1. The maximum Gasteiger partial charge on any atom is 0.226 e. The first-order valence-electron chi connectivity index (χ1n) is 16.9. The summed E-state index contributed by atoms with van der Waals surface area (Å²) in [5.41, 5.74) is 0.872. The van der Waals surface area contributed by atoms with Crippen molar-refractivity contribution in [2.45, 2.75) is 0 Å².